The van der Waals surface area contributed by atoms with Gasteiger partial charge in [0.1, 0.15) is 37.4 Å². The third kappa shape index (κ3) is 10.9. The van der Waals surface area contributed by atoms with Gasteiger partial charge in [-0.1, -0.05) is 0 Å². The molecule has 0 aliphatic rings. The molecule has 0 radical (unpaired) electrons. The molecule has 4 N–H and O–H groups in total. The van der Waals surface area contributed by atoms with Crippen LogP contribution in [0.5, 0.6) is 0 Å². The summed E-state index contributed by atoms with van der Waals surface area (Å²) in [5, 5.41) is 39.0. The first-order chi connectivity index (χ1) is 14.2. The monoisotopic (exact) mass is 434 g/mol. The van der Waals surface area contributed by atoms with Crippen LogP contribution in [0.1, 0.15) is 38.5 Å². The molecule has 0 aromatic carbocycles. The Balaban J connectivity index is 4.70. The van der Waals surface area contributed by atoms with E-state index < -0.39 is 74.2 Å². The highest BCUT2D eigenvalue weighted by molar-refractivity contribution is 5.72. The fourth-order valence-corrected chi connectivity index (χ4v) is 2.31. The van der Waals surface area contributed by atoms with Crippen LogP contribution in [0.25, 0.3) is 0 Å². The number of esters is 2. The average molecular weight is 434 g/mol. The van der Waals surface area contributed by atoms with Crippen molar-refractivity contribution < 1.29 is 58.7 Å². The second-order valence-corrected chi connectivity index (χ2v) is 6.34. The van der Waals surface area contributed by atoms with Gasteiger partial charge in [-0.2, -0.15) is 0 Å². The number of carbonyl (C=O) groups excluding carboxylic acids is 6. The fraction of sp³-hybridized carbons (Fsp3) is 0.667. The van der Waals surface area contributed by atoms with Gasteiger partial charge in [0, 0.05) is 25.7 Å². The van der Waals surface area contributed by atoms with Gasteiger partial charge < -0.3 is 49.1 Å². The molecule has 0 aromatic heterocycles. The van der Waals surface area contributed by atoms with Crippen LogP contribution in [0, 0.1) is 0 Å². The molecular formula is C18H26O12. The van der Waals surface area contributed by atoms with E-state index in [1.807, 2.05) is 0 Å². The van der Waals surface area contributed by atoms with Gasteiger partial charge >= 0.3 is 11.9 Å². The molecule has 170 valence electrons. The highest BCUT2D eigenvalue weighted by atomic mass is 16.6. The van der Waals surface area contributed by atoms with Gasteiger partial charge in [0.2, 0.25) is 0 Å². The summed E-state index contributed by atoms with van der Waals surface area (Å²) in [6.45, 7) is 0. The van der Waals surface area contributed by atoms with Gasteiger partial charge in [-0.25, -0.2) is 0 Å². The van der Waals surface area contributed by atoms with E-state index in [0.29, 0.717) is 25.1 Å². The number of carbonyl (C=O) groups is 6. The molecule has 0 rings (SSSR count). The first kappa shape index (κ1) is 27.5. The SMILES string of the molecule is O=CCC(O)C(CC=O)OC(=O)CC(O)C(O)CC(=O)OC(CC=O)C(O)CC=O. The third-order valence-corrected chi connectivity index (χ3v) is 3.95. The van der Waals surface area contributed by atoms with E-state index in [4.69, 9.17) is 9.47 Å². The minimum atomic E-state index is -1.78. The van der Waals surface area contributed by atoms with Crippen molar-refractivity contribution >= 4 is 37.1 Å². The van der Waals surface area contributed by atoms with Gasteiger partial charge in [-0.05, 0) is 0 Å². The van der Waals surface area contributed by atoms with Crippen molar-refractivity contribution in [3.63, 3.8) is 0 Å². The quantitative estimate of drug-likeness (QED) is 0.137. The number of aliphatic hydroxyl groups is 4. The maximum Gasteiger partial charge on any atom is 0.308 e. The lowest BCUT2D eigenvalue weighted by molar-refractivity contribution is -0.165. The van der Waals surface area contributed by atoms with Gasteiger partial charge in [0.05, 0.1) is 37.3 Å². The van der Waals surface area contributed by atoms with Crippen LogP contribution in [0.3, 0.4) is 0 Å². The molecule has 0 fully saturated rings. The van der Waals surface area contributed by atoms with Gasteiger partial charge in [-0.3, -0.25) is 9.59 Å². The summed E-state index contributed by atoms with van der Waals surface area (Å²) in [4.78, 5) is 65.7. The van der Waals surface area contributed by atoms with E-state index in [1.54, 1.807) is 0 Å². The summed E-state index contributed by atoms with van der Waals surface area (Å²) in [7, 11) is 0. The maximum absolute atomic E-state index is 11.8. The number of aldehydes is 4. The molecule has 0 saturated carbocycles. The molecule has 12 heteroatoms. The molecular weight excluding hydrogens is 408 g/mol. The summed E-state index contributed by atoms with van der Waals surface area (Å²) in [5.41, 5.74) is 0. The Labute approximate surface area is 171 Å². The first-order valence-corrected chi connectivity index (χ1v) is 9.05. The van der Waals surface area contributed by atoms with Crippen molar-refractivity contribution in [1.29, 1.82) is 0 Å². The Morgan fingerprint density at radius 1 is 0.567 bits per heavy atom. The minimum absolute atomic E-state index is 0.363. The van der Waals surface area contributed by atoms with Gasteiger partial charge in [0.25, 0.3) is 0 Å². The average Bonchev–Trinajstić information content (AvgIpc) is 2.67. The van der Waals surface area contributed by atoms with Crippen LogP contribution in [-0.4, -0.2) is 94.1 Å². The first-order valence-electron chi connectivity index (χ1n) is 9.05. The second-order valence-electron chi connectivity index (χ2n) is 6.34. The second kappa shape index (κ2) is 15.3. The van der Waals surface area contributed by atoms with Crippen LogP contribution >= 0.6 is 0 Å². The van der Waals surface area contributed by atoms with E-state index in [2.05, 4.69) is 0 Å². The molecule has 0 amide bonds. The highest BCUT2D eigenvalue weighted by Gasteiger charge is 2.29. The summed E-state index contributed by atoms with van der Waals surface area (Å²) < 4.78 is 9.63. The van der Waals surface area contributed by atoms with Crippen LogP contribution in [0.2, 0.25) is 0 Å². The molecule has 0 spiro atoms. The standard InChI is InChI=1S/C18H26O12/c19-5-1-11(23)15(3-7-21)29-17(27)9-13(25)14(26)10-18(28)30-16(4-8-22)12(24)2-6-20/h5-8,11-16,23-26H,1-4,9-10H2. The Bertz CT molecular complexity index is 528. The van der Waals surface area contributed by atoms with Gasteiger partial charge in [0.15, 0.2) is 0 Å². The number of ether oxygens (including phenoxy) is 2. The minimum Gasteiger partial charge on any atom is -0.459 e. The third-order valence-electron chi connectivity index (χ3n) is 3.95. The van der Waals surface area contributed by atoms with Crippen molar-refractivity contribution in [3.8, 4) is 0 Å². The zero-order chi connectivity index (χ0) is 23.1. The zero-order valence-electron chi connectivity index (χ0n) is 16.1. The van der Waals surface area contributed by atoms with Crippen molar-refractivity contribution in [2.24, 2.45) is 0 Å². The van der Waals surface area contributed by atoms with E-state index in [9.17, 15) is 49.2 Å². The summed E-state index contributed by atoms with van der Waals surface area (Å²) >= 11 is 0. The van der Waals surface area contributed by atoms with Crippen molar-refractivity contribution in [1.82, 2.24) is 0 Å². The molecule has 6 atom stereocenters. The molecule has 30 heavy (non-hydrogen) atoms. The van der Waals surface area contributed by atoms with Crippen LogP contribution < -0.4 is 0 Å². The van der Waals surface area contributed by atoms with E-state index in [-0.39, 0.29) is 12.8 Å². The van der Waals surface area contributed by atoms with Crippen LogP contribution in [-0.2, 0) is 38.2 Å². The van der Waals surface area contributed by atoms with Crippen LogP contribution in [0.4, 0.5) is 0 Å². The van der Waals surface area contributed by atoms with Crippen molar-refractivity contribution in [2.45, 2.75) is 75.1 Å². The van der Waals surface area contributed by atoms with Gasteiger partial charge in [-0.15, -0.1) is 0 Å². The summed E-state index contributed by atoms with van der Waals surface area (Å²) in [6.07, 6.45) is -10.8. The zero-order valence-corrected chi connectivity index (χ0v) is 16.1. The van der Waals surface area contributed by atoms with Crippen molar-refractivity contribution in [3.05, 3.63) is 0 Å². The lowest BCUT2D eigenvalue weighted by Crippen LogP contribution is -2.37. The highest BCUT2D eigenvalue weighted by Crippen LogP contribution is 2.13. The topological polar surface area (TPSA) is 202 Å². The lowest BCUT2D eigenvalue weighted by atomic mass is 10.1. The number of hydrogen-bond donors (Lipinski definition) is 4. The number of aliphatic hydroxyl groups excluding tert-OH is 4. The molecule has 6 unspecified atom stereocenters. The maximum atomic E-state index is 11.8. The van der Waals surface area contributed by atoms with E-state index in [1.165, 1.54) is 0 Å². The largest absolute Gasteiger partial charge is 0.459 e. The normalized spacial score (nSPS) is 16.8. The Hall–Kier alpha value is -2.54. The number of rotatable bonds is 17. The molecule has 0 aliphatic heterocycles. The Morgan fingerprint density at radius 3 is 1.13 bits per heavy atom. The smallest absolute Gasteiger partial charge is 0.308 e. The number of hydrogen-bond acceptors (Lipinski definition) is 12. The molecule has 12 nitrogen and oxygen atoms in total. The summed E-state index contributed by atoms with van der Waals surface area (Å²) in [6, 6.07) is 0. The molecule has 0 saturated heterocycles. The fourth-order valence-electron chi connectivity index (χ4n) is 2.31. The molecule has 0 aliphatic carbocycles. The van der Waals surface area contributed by atoms with Crippen LogP contribution in [0.15, 0.2) is 0 Å². The van der Waals surface area contributed by atoms with E-state index >= 15 is 0 Å². The van der Waals surface area contributed by atoms with Crippen molar-refractivity contribution in [2.75, 3.05) is 0 Å². The predicted molar refractivity (Wildman–Crippen MR) is 95.7 cm³/mol. The summed E-state index contributed by atoms with van der Waals surface area (Å²) in [5.74, 6) is -2.21. The Morgan fingerprint density at radius 2 is 0.867 bits per heavy atom. The van der Waals surface area contributed by atoms with E-state index in [0.717, 1.165) is 0 Å². The predicted octanol–water partition coefficient (Wildman–Crippen LogP) is -2.61. The molecule has 0 aromatic rings. The Kier molecular flexibility index (Phi) is 14.0. The molecule has 0 bridgehead atoms. The molecule has 0 heterocycles. The lowest BCUT2D eigenvalue weighted by Gasteiger charge is -2.23.